The number of carboxylic acid groups (broad SMARTS) is 1. The zero-order valence-electron chi connectivity index (χ0n) is 11.8. The maximum absolute atomic E-state index is 10.9. The van der Waals surface area contributed by atoms with Crippen molar-refractivity contribution < 1.29 is 9.90 Å². The molecule has 0 amide bonds. The van der Waals surface area contributed by atoms with Gasteiger partial charge in [-0.3, -0.25) is 4.79 Å². The van der Waals surface area contributed by atoms with Crippen LogP contribution in [0.15, 0.2) is 18.2 Å². The zero-order valence-corrected chi connectivity index (χ0v) is 12.6. The average molecular weight is 307 g/mol. The first kappa shape index (κ1) is 15.8. The number of nitriles is 1. The summed E-state index contributed by atoms with van der Waals surface area (Å²) < 4.78 is 0. The van der Waals surface area contributed by atoms with Gasteiger partial charge in [-0.2, -0.15) is 5.26 Å². The highest BCUT2D eigenvalue weighted by atomic mass is 35.5. The van der Waals surface area contributed by atoms with Crippen LogP contribution in [-0.4, -0.2) is 17.6 Å². The molecule has 1 aromatic rings. The van der Waals surface area contributed by atoms with Gasteiger partial charge < -0.3 is 10.4 Å². The van der Waals surface area contributed by atoms with Crippen LogP contribution in [0, 0.1) is 23.2 Å². The highest BCUT2D eigenvalue weighted by Gasteiger charge is 2.25. The number of hydrogen-bond acceptors (Lipinski definition) is 3. The Morgan fingerprint density at radius 1 is 1.38 bits per heavy atom. The van der Waals surface area contributed by atoms with Gasteiger partial charge in [0.15, 0.2) is 0 Å². The summed E-state index contributed by atoms with van der Waals surface area (Å²) in [5.74, 6) is -0.280. The van der Waals surface area contributed by atoms with Crippen LogP contribution in [0.3, 0.4) is 0 Å². The number of carbonyl (C=O) groups is 1. The molecule has 0 radical (unpaired) electrons. The molecule has 2 N–H and O–H groups in total. The summed E-state index contributed by atoms with van der Waals surface area (Å²) in [5.41, 5.74) is 1.55. The highest BCUT2D eigenvalue weighted by Crippen LogP contribution is 2.28. The number of benzene rings is 1. The second kappa shape index (κ2) is 7.44. The molecule has 0 heterocycles. The third kappa shape index (κ3) is 4.45. The Hall–Kier alpha value is -1.57. The molecule has 112 valence electrons. The Balaban J connectivity index is 1.75. The second-order valence-corrected chi connectivity index (χ2v) is 6.01. The molecule has 2 rings (SSSR count). The second-order valence-electron chi connectivity index (χ2n) is 5.60. The summed E-state index contributed by atoms with van der Waals surface area (Å²) >= 11 is 6.13. The Morgan fingerprint density at radius 2 is 2.10 bits per heavy atom. The monoisotopic (exact) mass is 306 g/mol. The van der Waals surface area contributed by atoms with Crippen molar-refractivity contribution in [2.75, 3.05) is 6.54 Å². The minimum absolute atomic E-state index is 0.158. The number of rotatable bonds is 5. The molecule has 1 fully saturated rings. The van der Waals surface area contributed by atoms with Gasteiger partial charge in [-0.15, -0.1) is 0 Å². The molecule has 0 unspecified atom stereocenters. The fraction of sp³-hybridized carbons (Fsp3) is 0.500. The van der Waals surface area contributed by atoms with Crippen molar-refractivity contribution in [1.29, 1.82) is 5.26 Å². The third-order valence-electron chi connectivity index (χ3n) is 4.13. The Kier molecular flexibility index (Phi) is 5.60. The number of carboxylic acids is 1. The van der Waals surface area contributed by atoms with Gasteiger partial charge in [0.05, 0.1) is 17.6 Å². The molecule has 4 nitrogen and oxygen atoms in total. The first-order valence-electron chi connectivity index (χ1n) is 7.22. The van der Waals surface area contributed by atoms with Gasteiger partial charge >= 0.3 is 5.97 Å². The molecular formula is C16H19ClN2O2. The lowest BCUT2D eigenvalue weighted by molar-refractivity contribution is -0.143. The normalized spacial score (nSPS) is 21.7. The van der Waals surface area contributed by atoms with E-state index in [-0.39, 0.29) is 5.92 Å². The standard InChI is InChI=1S/C16H19ClN2O2/c17-15-7-12(8-18)3-6-14(15)10-19-9-11-1-4-13(5-2-11)16(20)21/h3,6-7,11,13,19H,1-2,4-5,9-10H2,(H,20,21). The summed E-state index contributed by atoms with van der Waals surface area (Å²) in [5, 5.41) is 21.7. The lowest BCUT2D eigenvalue weighted by Crippen LogP contribution is -2.28. The quantitative estimate of drug-likeness (QED) is 0.876. The van der Waals surface area contributed by atoms with Crippen LogP contribution in [0.4, 0.5) is 0 Å². The van der Waals surface area contributed by atoms with Crippen molar-refractivity contribution in [3.8, 4) is 6.07 Å². The van der Waals surface area contributed by atoms with Crippen LogP contribution in [-0.2, 0) is 11.3 Å². The molecule has 0 spiro atoms. The van der Waals surface area contributed by atoms with Gasteiger partial charge in [0.2, 0.25) is 0 Å². The molecule has 1 aliphatic rings. The fourth-order valence-electron chi connectivity index (χ4n) is 2.78. The molecule has 21 heavy (non-hydrogen) atoms. The summed E-state index contributed by atoms with van der Waals surface area (Å²) in [6, 6.07) is 7.38. The van der Waals surface area contributed by atoms with Crippen LogP contribution < -0.4 is 5.32 Å². The van der Waals surface area contributed by atoms with Gasteiger partial charge in [0.1, 0.15) is 0 Å². The van der Waals surface area contributed by atoms with Crippen molar-refractivity contribution in [2.45, 2.75) is 32.2 Å². The molecule has 0 aromatic heterocycles. The summed E-state index contributed by atoms with van der Waals surface area (Å²) in [6.07, 6.45) is 3.48. The van der Waals surface area contributed by atoms with E-state index in [9.17, 15) is 4.79 Å². The predicted molar refractivity (Wildman–Crippen MR) is 81.0 cm³/mol. The Bertz CT molecular complexity index is 546. The minimum Gasteiger partial charge on any atom is -0.481 e. The van der Waals surface area contributed by atoms with Gasteiger partial charge in [0, 0.05) is 11.6 Å². The van der Waals surface area contributed by atoms with Gasteiger partial charge in [-0.25, -0.2) is 0 Å². The van der Waals surface area contributed by atoms with E-state index in [4.69, 9.17) is 22.0 Å². The molecule has 1 saturated carbocycles. The predicted octanol–water partition coefficient (Wildman–Crippen LogP) is 3.19. The molecule has 5 heteroatoms. The molecule has 0 bridgehead atoms. The van der Waals surface area contributed by atoms with Crippen molar-refractivity contribution in [3.63, 3.8) is 0 Å². The van der Waals surface area contributed by atoms with Crippen molar-refractivity contribution in [2.24, 2.45) is 11.8 Å². The number of hydrogen-bond donors (Lipinski definition) is 2. The van der Waals surface area contributed by atoms with E-state index < -0.39 is 5.97 Å². The first-order valence-corrected chi connectivity index (χ1v) is 7.60. The van der Waals surface area contributed by atoms with E-state index in [0.29, 0.717) is 23.0 Å². The van der Waals surface area contributed by atoms with Gasteiger partial charge in [-0.1, -0.05) is 17.7 Å². The van der Waals surface area contributed by atoms with Crippen molar-refractivity contribution >= 4 is 17.6 Å². The number of halogens is 1. The molecule has 0 saturated heterocycles. The minimum atomic E-state index is -0.661. The number of aliphatic carboxylic acids is 1. The van der Waals surface area contributed by atoms with Crippen LogP contribution in [0.2, 0.25) is 5.02 Å². The van der Waals surface area contributed by atoms with Crippen LogP contribution in [0.5, 0.6) is 0 Å². The molecular weight excluding hydrogens is 288 g/mol. The lowest BCUT2D eigenvalue weighted by Gasteiger charge is -2.26. The van der Waals surface area contributed by atoms with E-state index in [2.05, 4.69) is 11.4 Å². The summed E-state index contributed by atoms with van der Waals surface area (Å²) in [4.78, 5) is 10.9. The van der Waals surface area contributed by atoms with Gasteiger partial charge in [0.25, 0.3) is 0 Å². The average Bonchev–Trinajstić information content (AvgIpc) is 2.49. The SMILES string of the molecule is N#Cc1ccc(CNCC2CCC(C(=O)O)CC2)c(Cl)c1. The van der Waals surface area contributed by atoms with E-state index >= 15 is 0 Å². The maximum atomic E-state index is 10.9. The fourth-order valence-corrected chi connectivity index (χ4v) is 3.03. The Morgan fingerprint density at radius 3 is 2.67 bits per heavy atom. The molecule has 1 aliphatic carbocycles. The largest absolute Gasteiger partial charge is 0.481 e. The molecule has 1 aromatic carbocycles. The van der Waals surface area contributed by atoms with Crippen molar-refractivity contribution in [1.82, 2.24) is 5.32 Å². The van der Waals surface area contributed by atoms with E-state index in [1.54, 1.807) is 12.1 Å². The number of nitrogens with one attached hydrogen (secondary N) is 1. The van der Waals surface area contributed by atoms with Crippen LogP contribution in [0.25, 0.3) is 0 Å². The third-order valence-corrected chi connectivity index (χ3v) is 4.48. The highest BCUT2D eigenvalue weighted by molar-refractivity contribution is 6.31. The van der Waals surface area contributed by atoms with E-state index in [1.807, 2.05) is 6.07 Å². The van der Waals surface area contributed by atoms with Crippen molar-refractivity contribution in [3.05, 3.63) is 34.3 Å². The topological polar surface area (TPSA) is 73.1 Å². The lowest BCUT2D eigenvalue weighted by atomic mass is 9.82. The maximum Gasteiger partial charge on any atom is 0.306 e. The zero-order chi connectivity index (χ0) is 15.2. The summed E-state index contributed by atoms with van der Waals surface area (Å²) in [6.45, 7) is 1.55. The van der Waals surface area contributed by atoms with Gasteiger partial charge in [-0.05, 0) is 55.8 Å². The molecule has 0 atom stereocenters. The smallest absolute Gasteiger partial charge is 0.306 e. The molecule has 0 aliphatic heterocycles. The van der Waals surface area contributed by atoms with E-state index in [0.717, 1.165) is 37.8 Å². The number of nitrogens with zero attached hydrogens (tertiary/aromatic N) is 1. The first-order chi connectivity index (χ1) is 10.1. The Labute approximate surface area is 129 Å². The van der Waals surface area contributed by atoms with Crippen LogP contribution >= 0.6 is 11.6 Å². The summed E-state index contributed by atoms with van der Waals surface area (Å²) in [7, 11) is 0. The van der Waals surface area contributed by atoms with E-state index in [1.165, 1.54) is 0 Å². The van der Waals surface area contributed by atoms with Crippen LogP contribution in [0.1, 0.15) is 36.8 Å².